The van der Waals surface area contributed by atoms with E-state index in [0.29, 0.717) is 13.0 Å². The van der Waals surface area contributed by atoms with Gasteiger partial charge in [0, 0.05) is 65.1 Å². The molecule has 11 nitrogen and oxygen atoms in total. The number of fused-ring (bicyclic) bond motifs is 1. The fourth-order valence-corrected chi connectivity index (χ4v) is 7.39. The molecule has 0 aliphatic rings. The average Bonchev–Trinajstić information content (AvgIpc) is 3.45. The number of non-ortho nitro benzene ring substituents is 1. The Kier molecular flexibility index (Phi) is 9.97. The molecule has 252 valence electrons. The van der Waals surface area contributed by atoms with Crippen molar-refractivity contribution >= 4 is 44.1 Å². The second-order valence-corrected chi connectivity index (χ2v) is 14.0. The Morgan fingerprint density at radius 2 is 1.71 bits per heavy atom. The van der Waals surface area contributed by atoms with E-state index in [4.69, 9.17) is 16.3 Å². The molecule has 1 amide bonds. The number of halogens is 1. The van der Waals surface area contributed by atoms with Crippen LogP contribution < -0.4 is 9.46 Å². The Balaban J connectivity index is 1.44. The molecule has 0 aliphatic carbocycles. The first-order chi connectivity index (χ1) is 22.7. The van der Waals surface area contributed by atoms with Gasteiger partial charge in [-0.3, -0.25) is 19.6 Å². The van der Waals surface area contributed by atoms with Crippen LogP contribution in [0.1, 0.15) is 46.6 Å². The molecule has 1 N–H and O–H groups in total. The third-order valence-corrected chi connectivity index (χ3v) is 10.6. The molecule has 0 aliphatic heterocycles. The first kappa shape index (κ1) is 34.6. The van der Waals surface area contributed by atoms with Crippen LogP contribution in [0.15, 0.2) is 59.5 Å². The zero-order valence-corrected chi connectivity index (χ0v) is 29.3. The zero-order chi connectivity index (χ0) is 34.9. The lowest BCUT2D eigenvalue weighted by atomic mass is 9.98. The van der Waals surface area contributed by atoms with E-state index in [-0.39, 0.29) is 23.5 Å². The summed E-state index contributed by atoms with van der Waals surface area (Å²) in [5.41, 5.74) is 8.38. The highest BCUT2D eigenvalue weighted by Gasteiger charge is 2.24. The van der Waals surface area contributed by atoms with Crippen molar-refractivity contribution in [2.75, 3.05) is 6.61 Å². The maximum Gasteiger partial charge on any atom is 0.270 e. The Morgan fingerprint density at radius 1 is 1.02 bits per heavy atom. The van der Waals surface area contributed by atoms with Crippen LogP contribution in [0.25, 0.3) is 22.0 Å². The van der Waals surface area contributed by atoms with Crippen LogP contribution in [0.5, 0.6) is 5.75 Å². The number of ether oxygens (including phenoxy) is 1. The highest BCUT2D eigenvalue weighted by molar-refractivity contribution is 7.90. The maximum absolute atomic E-state index is 13.1. The van der Waals surface area contributed by atoms with Gasteiger partial charge in [-0.1, -0.05) is 35.9 Å². The number of para-hydroxylation sites is 1. The summed E-state index contributed by atoms with van der Waals surface area (Å²) in [6.07, 6.45) is 1.30. The molecule has 0 saturated carbocycles. The molecule has 0 bridgehead atoms. The molecule has 0 spiro atoms. The van der Waals surface area contributed by atoms with Gasteiger partial charge in [-0.15, -0.1) is 0 Å². The van der Waals surface area contributed by atoms with Crippen LogP contribution in [0.3, 0.4) is 0 Å². The minimum absolute atomic E-state index is 0.143. The van der Waals surface area contributed by atoms with Crippen molar-refractivity contribution in [3.05, 3.63) is 104 Å². The molecule has 5 aromatic rings. The molecule has 0 fully saturated rings. The van der Waals surface area contributed by atoms with Crippen LogP contribution in [0.2, 0.25) is 5.02 Å². The van der Waals surface area contributed by atoms with E-state index >= 15 is 0 Å². The van der Waals surface area contributed by atoms with Gasteiger partial charge in [-0.2, -0.15) is 5.10 Å². The van der Waals surface area contributed by atoms with Crippen molar-refractivity contribution < 1.29 is 22.9 Å². The molecule has 0 saturated heterocycles. The van der Waals surface area contributed by atoms with Gasteiger partial charge in [0.15, 0.2) is 0 Å². The van der Waals surface area contributed by atoms with Gasteiger partial charge in [0.25, 0.3) is 15.7 Å². The van der Waals surface area contributed by atoms with Crippen molar-refractivity contribution in [1.29, 1.82) is 0 Å². The average molecular weight is 692 g/mol. The number of nitrogens with zero attached hydrogens (tertiary/aromatic N) is 4. The number of hydrogen-bond donors (Lipinski definition) is 1. The number of rotatable bonds is 12. The molecule has 3 aromatic carbocycles. The molecule has 48 heavy (non-hydrogen) atoms. The number of nitro groups is 1. The van der Waals surface area contributed by atoms with E-state index in [9.17, 15) is 23.3 Å². The van der Waals surface area contributed by atoms with Crippen LogP contribution >= 0.6 is 11.6 Å². The van der Waals surface area contributed by atoms with Gasteiger partial charge in [-0.05, 0) is 82.3 Å². The smallest absolute Gasteiger partial charge is 0.270 e. The molecular formula is C35H38ClN5O6S. The second kappa shape index (κ2) is 13.8. The molecular weight excluding hydrogens is 654 g/mol. The topological polar surface area (TPSA) is 138 Å². The van der Waals surface area contributed by atoms with E-state index < -0.39 is 20.9 Å². The normalized spacial score (nSPS) is 11.6. The third-order valence-electron chi connectivity index (χ3n) is 8.65. The van der Waals surface area contributed by atoms with E-state index in [1.165, 1.54) is 18.2 Å². The summed E-state index contributed by atoms with van der Waals surface area (Å²) in [5, 5.41) is 17.6. The first-order valence-corrected chi connectivity index (χ1v) is 17.4. The lowest BCUT2D eigenvalue weighted by molar-refractivity contribution is -0.385. The maximum atomic E-state index is 13.1. The zero-order valence-electron chi connectivity index (χ0n) is 27.8. The summed E-state index contributed by atoms with van der Waals surface area (Å²) in [6, 6.07) is 14.6. The monoisotopic (exact) mass is 691 g/mol. The minimum Gasteiger partial charge on any atom is -0.494 e. The third kappa shape index (κ3) is 6.95. The quantitative estimate of drug-likeness (QED) is 0.0840. The number of aromatic nitrogens is 3. The number of benzene rings is 3. The van der Waals surface area contributed by atoms with Gasteiger partial charge < -0.3 is 9.30 Å². The number of sulfonamides is 1. The summed E-state index contributed by atoms with van der Waals surface area (Å²) in [4.78, 5) is 23.2. The lowest BCUT2D eigenvalue weighted by Gasteiger charge is -2.13. The van der Waals surface area contributed by atoms with Gasteiger partial charge in [-0.25, -0.2) is 13.1 Å². The molecule has 2 aromatic heterocycles. The Labute approximate surface area is 284 Å². The van der Waals surface area contributed by atoms with Gasteiger partial charge in [0.05, 0.1) is 27.6 Å². The molecule has 0 atom stereocenters. The number of hydrogen-bond acceptors (Lipinski definition) is 7. The van der Waals surface area contributed by atoms with Crippen LogP contribution in [0, 0.1) is 44.7 Å². The predicted octanol–water partition coefficient (Wildman–Crippen LogP) is 7.05. The van der Waals surface area contributed by atoms with E-state index in [0.717, 1.165) is 79.1 Å². The van der Waals surface area contributed by atoms with Crippen LogP contribution in [-0.4, -0.2) is 40.2 Å². The van der Waals surface area contributed by atoms with Crippen molar-refractivity contribution in [2.45, 2.75) is 65.3 Å². The fourth-order valence-electron chi connectivity index (χ4n) is 6.23. The number of nitrogens with one attached hydrogen (secondary N) is 1. The van der Waals surface area contributed by atoms with Crippen molar-refractivity contribution in [1.82, 2.24) is 19.1 Å². The molecule has 5 rings (SSSR count). The summed E-state index contributed by atoms with van der Waals surface area (Å²) in [5.74, 6) is 0.0434. The van der Waals surface area contributed by atoms with Gasteiger partial charge >= 0.3 is 0 Å². The van der Waals surface area contributed by atoms with Gasteiger partial charge in [0.1, 0.15) is 5.75 Å². The number of carbonyl (C=O) groups excluding carboxylic acids is 1. The van der Waals surface area contributed by atoms with Crippen LogP contribution in [0.4, 0.5) is 5.69 Å². The standard InChI is InChI=1S/C35H38ClN5O6S/c1-21-18-27(19-22(2)34(21)36)47-17-9-14-29-24(4)40(35-30(29)12-8-13-31(35)33-23(3)37-39(6)25(33)5)16-15-32(42)38-48(45,46)28-11-7-10-26(20-28)41(43)44/h7-8,10-13,18-20H,9,14-17H2,1-6H3,(H,38,42). The van der Waals surface area contributed by atoms with E-state index in [1.54, 1.807) is 0 Å². The molecule has 0 radical (unpaired) electrons. The Bertz CT molecular complexity index is 2150. The fraction of sp³-hybridized carbons (Fsp3) is 0.314. The van der Waals surface area contributed by atoms with Gasteiger partial charge in [0.2, 0.25) is 5.91 Å². The number of nitro benzene ring substituents is 1. The highest BCUT2D eigenvalue weighted by Crippen LogP contribution is 2.38. The van der Waals surface area contributed by atoms with E-state index in [2.05, 4.69) is 20.5 Å². The highest BCUT2D eigenvalue weighted by atomic mass is 35.5. The van der Waals surface area contributed by atoms with Crippen molar-refractivity contribution in [3.63, 3.8) is 0 Å². The SMILES string of the molecule is Cc1cc(OCCCc2c(C)n(CCC(=O)NS(=O)(=O)c3cccc([N+](=O)[O-])c3)c3c(-c4c(C)nn(C)c4C)cccc23)cc(C)c1Cl. The Hall–Kier alpha value is -4.68. The largest absolute Gasteiger partial charge is 0.494 e. The predicted molar refractivity (Wildman–Crippen MR) is 186 cm³/mol. The second-order valence-electron chi connectivity index (χ2n) is 11.9. The van der Waals surface area contributed by atoms with Crippen molar-refractivity contribution in [2.24, 2.45) is 7.05 Å². The number of amides is 1. The molecule has 13 heteroatoms. The number of carbonyl (C=O) groups is 1. The molecule has 0 unspecified atom stereocenters. The summed E-state index contributed by atoms with van der Waals surface area (Å²) < 4.78 is 38.0. The summed E-state index contributed by atoms with van der Waals surface area (Å²) in [7, 11) is -2.42. The minimum atomic E-state index is -4.32. The summed E-state index contributed by atoms with van der Waals surface area (Å²) >= 11 is 6.32. The Morgan fingerprint density at radius 3 is 2.35 bits per heavy atom. The van der Waals surface area contributed by atoms with Crippen LogP contribution in [-0.2, 0) is 34.8 Å². The van der Waals surface area contributed by atoms with Crippen molar-refractivity contribution in [3.8, 4) is 16.9 Å². The van der Waals surface area contributed by atoms with E-state index in [1.807, 2.05) is 70.6 Å². The number of aryl methyl sites for hydroxylation is 6. The first-order valence-electron chi connectivity index (χ1n) is 15.5. The molecule has 2 heterocycles. The summed E-state index contributed by atoms with van der Waals surface area (Å²) in [6.45, 7) is 10.6. The lowest BCUT2D eigenvalue weighted by Crippen LogP contribution is -2.31.